The number of hydrogen-bond acceptors (Lipinski definition) is 1. The summed E-state index contributed by atoms with van der Waals surface area (Å²) in [6.07, 6.45) is 4.68. The van der Waals surface area contributed by atoms with Crippen LogP contribution >= 0.6 is 0 Å². The molecule has 1 nitrogen and oxygen atoms in total. The van der Waals surface area contributed by atoms with Gasteiger partial charge in [-0.1, -0.05) is 19.2 Å². The molecule has 2 heteroatoms. The van der Waals surface area contributed by atoms with E-state index in [1.807, 2.05) is 0 Å². The average molecular weight is 100.0 g/mol. The Balaban J connectivity index is 2.45. The zero-order valence-electron chi connectivity index (χ0n) is 4.98. The molecule has 0 aliphatic carbocycles. The van der Waals surface area contributed by atoms with Gasteiger partial charge in [0, 0.05) is 6.61 Å². The first-order valence-electron chi connectivity index (χ1n) is 3.02. The molecule has 0 aliphatic heterocycles. The van der Waals surface area contributed by atoms with Crippen molar-refractivity contribution in [2.75, 3.05) is 6.61 Å². The van der Waals surface area contributed by atoms with Crippen molar-refractivity contribution in [2.45, 2.75) is 25.6 Å². The Morgan fingerprint density at radius 1 is 1.14 bits per heavy atom. The third-order valence-electron chi connectivity index (χ3n) is 1.01. The molecular weight excluding hydrogens is 86.9 g/mol. The molecule has 0 saturated heterocycles. The quantitative estimate of drug-likeness (QED) is 0.395. The summed E-state index contributed by atoms with van der Waals surface area (Å²) in [5.41, 5.74) is 0. The highest BCUT2D eigenvalue weighted by Gasteiger charge is 1.81. The largest absolute Gasteiger partial charge is 0.396 e. The summed E-state index contributed by atoms with van der Waals surface area (Å²) in [6, 6.07) is 0. The first kappa shape index (κ1) is 7.02. The van der Waals surface area contributed by atoms with Gasteiger partial charge >= 0.3 is 0 Å². The third-order valence-corrected chi connectivity index (χ3v) is 1.01. The molecule has 0 atom stereocenters. The molecule has 42 valence electrons. The second kappa shape index (κ2) is 6.02. The second-order valence-electron chi connectivity index (χ2n) is 1.78. The fraction of sp³-hybridized carbons (Fsp3) is 1.00. The van der Waals surface area contributed by atoms with E-state index in [1.165, 1.54) is 19.2 Å². The molecule has 0 radical (unpaired) electrons. The van der Waals surface area contributed by atoms with E-state index < -0.39 is 0 Å². The molecule has 0 aromatic heterocycles. The summed E-state index contributed by atoms with van der Waals surface area (Å²) in [6.45, 7) is 0.361. The van der Waals surface area contributed by atoms with E-state index in [0.29, 0.717) is 6.61 Å². The van der Waals surface area contributed by atoms with Crippen molar-refractivity contribution in [3.8, 4) is 0 Å². The molecular formula is C5H13BO. The molecule has 0 heterocycles. The van der Waals surface area contributed by atoms with Gasteiger partial charge in [-0.25, -0.2) is 0 Å². The minimum Gasteiger partial charge on any atom is -0.396 e. The molecule has 0 fully saturated rings. The summed E-state index contributed by atoms with van der Waals surface area (Å²) in [5, 5.41) is 8.29. The van der Waals surface area contributed by atoms with Gasteiger partial charge in [0.05, 0.1) is 0 Å². The van der Waals surface area contributed by atoms with E-state index in [1.54, 1.807) is 0 Å². The summed E-state index contributed by atoms with van der Waals surface area (Å²) in [5.74, 6) is 0. The minimum absolute atomic E-state index is 0.361. The lowest BCUT2D eigenvalue weighted by Crippen LogP contribution is -1.81. The number of hydrogen-bond donors (Lipinski definition) is 1. The summed E-state index contributed by atoms with van der Waals surface area (Å²) < 4.78 is 0. The zero-order chi connectivity index (χ0) is 5.54. The Hall–Kier alpha value is 0.0249. The average Bonchev–Trinajstić information content (AvgIpc) is 1.69. The van der Waals surface area contributed by atoms with Crippen molar-refractivity contribution in [3.05, 3.63) is 0 Å². The minimum atomic E-state index is 0.361. The highest BCUT2D eigenvalue weighted by atomic mass is 16.2. The maximum atomic E-state index is 8.29. The first-order chi connectivity index (χ1) is 3.41. The summed E-state index contributed by atoms with van der Waals surface area (Å²) in [7, 11) is 2.16. The van der Waals surface area contributed by atoms with E-state index >= 15 is 0 Å². The third kappa shape index (κ3) is 6.02. The standard InChI is InChI=1S/C5H13BO/c6-4-2-1-3-5-7/h7H,1-6H2. The van der Waals surface area contributed by atoms with E-state index in [0.717, 1.165) is 6.42 Å². The van der Waals surface area contributed by atoms with Crippen molar-refractivity contribution in [1.82, 2.24) is 0 Å². The molecule has 7 heavy (non-hydrogen) atoms. The monoisotopic (exact) mass is 100 g/mol. The van der Waals surface area contributed by atoms with Gasteiger partial charge in [0.25, 0.3) is 0 Å². The van der Waals surface area contributed by atoms with Crippen LogP contribution in [0.3, 0.4) is 0 Å². The van der Waals surface area contributed by atoms with E-state index in [-0.39, 0.29) is 0 Å². The Kier molecular flexibility index (Phi) is 6.05. The van der Waals surface area contributed by atoms with Gasteiger partial charge in [-0.05, 0) is 6.42 Å². The van der Waals surface area contributed by atoms with Crippen molar-refractivity contribution in [1.29, 1.82) is 0 Å². The van der Waals surface area contributed by atoms with Gasteiger partial charge in [0.2, 0.25) is 0 Å². The summed E-state index contributed by atoms with van der Waals surface area (Å²) >= 11 is 0. The van der Waals surface area contributed by atoms with Gasteiger partial charge in [-0.2, -0.15) is 0 Å². The zero-order valence-corrected chi connectivity index (χ0v) is 4.98. The molecule has 0 amide bonds. The maximum Gasteiger partial charge on any atom is 0.101 e. The van der Waals surface area contributed by atoms with Crippen molar-refractivity contribution >= 4 is 7.85 Å². The van der Waals surface area contributed by atoms with E-state index in [4.69, 9.17) is 5.11 Å². The molecule has 0 aromatic carbocycles. The topological polar surface area (TPSA) is 20.2 Å². The fourth-order valence-electron chi connectivity index (χ4n) is 0.539. The van der Waals surface area contributed by atoms with Gasteiger partial charge in [0.15, 0.2) is 0 Å². The molecule has 1 N–H and O–H groups in total. The normalized spacial score (nSPS) is 9.29. The lowest BCUT2D eigenvalue weighted by atomic mass is 10.00. The predicted molar refractivity (Wildman–Crippen MR) is 34.3 cm³/mol. The van der Waals surface area contributed by atoms with Gasteiger partial charge in [0.1, 0.15) is 7.85 Å². The molecule has 0 unspecified atom stereocenters. The van der Waals surface area contributed by atoms with Crippen molar-refractivity contribution < 1.29 is 5.11 Å². The van der Waals surface area contributed by atoms with Crippen molar-refractivity contribution in [3.63, 3.8) is 0 Å². The lowest BCUT2D eigenvalue weighted by molar-refractivity contribution is 0.284. The predicted octanol–water partition coefficient (Wildman–Crippen LogP) is 0.200. The van der Waals surface area contributed by atoms with Gasteiger partial charge in [-0.15, -0.1) is 0 Å². The number of aliphatic hydroxyl groups excluding tert-OH is 1. The van der Waals surface area contributed by atoms with Gasteiger partial charge in [-0.3, -0.25) is 0 Å². The number of aliphatic hydroxyl groups is 1. The lowest BCUT2D eigenvalue weighted by Gasteiger charge is -1.90. The maximum absolute atomic E-state index is 8.29. The fourth-order valence-corrected chi connectivity index (χ4v) is 0.539. The molecule has 0 spiro atoms. The highest BCUT2D eigenvalue weighted by molar-refractivity contribution is 6.08. The Labute approximate surface area is 46.1 Å². The first-order valence-corrected chi connectivity index (χ1v) is 3.02. The van der Waals surface area contributed by atoms with Crippen molar-refractivity contribution in [2.24, 2.45) is 0 Å². The Morgan fingerprint density at radius 2 is 1.86 bits per heavy atom. The molecule has 0 saturated carbocycles. The van der Waals surface area contributed by atoms with Crippen LogP contribution in [0.2, 0.25) is 6.32 Å². The van der Waals surface area contributed by atoms with Crippen LogP contribution in [-0.4, -0.2) is 19.6 Å². The van der Waals surface area contributed by atoms with Crippen LogP contribution in [-0.2, 0) is 0 Å². The molecule has 0 rings (SSSR count). The summed E-state index contributed by atoms with van der Waals surface area (Å²) in [4.78, 5) is 0. The van der Waals surface area contributed by atoms with Crippen LogP contribution in [0, 0.1) is 0 Å². The molecule has 0 aliphatic rings. The smallest absolute Gasteiger partial charge is 0.101 e. The van der Waals surface area contributed by atoms with E-state index in [9.17, 15) is 0 Å². The van der Waals surface area contributed by atoms with Crippen LogP contribution in [0.4, 0.5) is 0 Å². The van der Waals surface area contributed by atoms with E-state index in [2.05, 4.69) is 7.85 Å². The van der Waals surface area contributed by atoms with Gasteiger partial charge < -0.3 is 5.11 Å². The molecule has 0 bridgehead atoms. The van der Waals surface area contributed by atoms with Crippen LogP contribution in [0.1, 0.15) is 19.3 Å². The Morgan fingerprint density at radius 3 is 2.29 bits per heavy atom. The highest BCUT2D eigenvalue weighted by Crippen LogP contribution is 1.95. The number of rotatable bonds is 4. The number of unbranched alkanes of at least 4 members (excludes halogenated alkanes) is 2. The molecule has 0 aromatic rings. The van der Waals surface area contributed by atoms with Crippen LogP contribution < -0.4 is 0 Å². The van der Waals surface area contributed by atoms with Crippen LogP contribution in [0.5, 0.6) is 0 Å². The second-order valence-corrected chi connectivity index (χ2v) is 1.78. The Bertz CT molecular complexity index is 27.3. The van der Waals surface area contributed by atoms with Crippen LogP contribution in [0.15, 0.2) is 0 Å². The van der Waals surface area contributed by atoms with Crippen LogP contribution in [0.25, 0.3) is 0 Å². The SMILES string of the molecule is BCCCCCO.